The molecule has 2 heteroatoms. The highest BCUT2D eigenvalue weighted by Crippen LogP contribution is 2.18. The average molecular weight is 170 g/mol. The van der Waals surface area contributed by atoms with Gasteiger partial charge in [0.1, 0.15) is 0 Å². The zero-order valence-electron chi connectivity index (χ0n) is 8.96. The average Bonchev–Trinajstić information content (AvgIpc) is 1.96. The summed E-state index contributed by atoms with van der Waals surface area (Å²) >= 11 is 0. The molecule has 0 spiro atoms. The van der Waals surface area contributed by atoms with E-state index in [4.69, 9.17) is 0 Å². The lowest BCUT2D eigenvalue weighted by molar-refractivity contribution is 0.0563. The molecule has 3 atom stereocenters. The van der Waals surface area contributed by atoms with Gasteiger partial charge in [-0.3, -0.25) is 10.2 Å². The molecular formula is C10H22N2. The van der Waals surface area contributed by atoms with Gasteiger partial charge in [0.25, 0.3) is 0 Å². The fourth-order valence-corrected chi connectivity index (χ4v) is 2.09. The molecule has 0 radical (unpaired) electrons. The van der Waals surface area contributed by atoms with Crippen LogP contribution in [0.25, 0.3) is 0 Å². The maximum atomic E-state index is 3.62. The Hall–Kier alpha value is -0.0800. The minimum atomic E-state index is 0.559. The monoisotopic (exact) mass is 170 g/mol. The number of rotatable bonds is 1. The van der Waals surface area contributed by atoms with Gasteiger partial charge in [0.2, 0.25) is 0 Å². The molecule has 1 aliphatic rings. The van der Waals surface area contributed by atoms with Crippen molar-refractivity contribution in [1.29, 1.82) is 0 Å². The van der Waals surface area contributed by atoms with Crippen molar-refractivity contribution >= 4 is 0 Å². The van der Waals surface area contributed by atoms with Crippen molar-refractivity contribution in [2.45, 2.75) is 52.4 Å². The number of hydrogen-bond acceptors (Lipinski definition) is 2. The summed E-state index contributed by atoms with van der Waals surface area (Å²) in [5, 5.41) is 3.62. The minimum Gasteiger partial charge on any atom is -0.299 e. The lowest BCUT2D eigenvalue weighted by Crippen LogP contribution is -2.59. The minimum absolute atomic E-state index is 0.559. The lowest BCUT2D eigenvalue weighted by Gasteiger charge is -2.43. The van der Waals surface area contributed by atoms with Crippen LogP contribution in [0, 0.1) is 5.92 Å². The molecule has 72 valence electrons. The Kier molecular flexibility index (Phi) is 3.13. The molecular weight excluding hydrogens is 148 g/mol. The van der Waals surface area contributed by atoms with Crippen molar-refractivity contribution in [3.63, 3.8) is 0 Å². The van der Waals surface area contributed by atoms with Crippen LogP contribution in [0.2, 0.25) is 0 Å². The van der Waals surface area contributed by atoms with Crippen LogP contribution in [-0.4, -0.2) is 30.2 Å². The summed E-state index contributed by atoms with van der Waals surface area (Å²) in [7, 11) is 2.22. The SMILES string of the molecule is CC1CC(C)N(C)C(C(C)C)N1. The van der Waals surface area contributed by atoms with Gasteiger partial charge in [0.05, 0.1) is 6.17 Å². The molecule has 0 saturated carbocycles. The molecule has 0 aliphatic carbocycles. The van der Waals surface area contributed by atoms with Crippen LogP contribution < -0.4 is 5.32 Å². The fourth-order valence-electron chi connectivity index (χ4n) is 2.09. The van der Waals surface area contributed by atoms with Crippen molar-refractivity contribution in [3.05, 3.63) is 0 Å². The Morgan fingerprint density at radius 2 is 1.92 bits per heavy atom. The largest absolute Gasteiger partial charge is 0.299 e. The van der Waals surface area contributed by atoms with E-state index in [-0.39, 0.29) is 0 Å². The van der Waals surface area contributed by atoms with E-state index in [0.29, 0.717) is 24.2 Å². The van der Waals surface area contributed by atoms with Crippen molar-refractivity contribution < 1.29 is 0 Å². The summed E-state index contributed by atoms with van der Waals surface area (Å²) in [6, 6.07) is 1.39. The van der Waals surface area contributed by atoms with Crippen LogP contribution in [0.5, 0.6) is 0 Å². The first-order chi connectivity index (χ1) is 5.52. The Morgan fingerprint density at radius 3 is 2.42 bits per heavy atom. The van der Waals surface area contributed by atoms with E-state index >= 15 is 0 Å². The van der Waals surface area contributed by atoms with Gasteiger partial charge in [0.15, 0.2) is 0 Å². The Morgan fingerprint density at radius 1 is 1.33 bits per heavy atom. The zero-order chi connectivity index (χ0) is 9.30. The van der Waals surface area contributed by atoms with Crippen LogP contribution in [0.1, 0.15) is 34.1 Å². The third kappa shape index (κ3) is 1.99. The molecule has 0 aromatic rings. The molecule has 0 aromatic heterocycles. The Bertz CT molecular complexity index is 145. The molecule has 0 aromatic carbocycles. The fraction of sp³-hybridized carbons (Fsp3) is 1.00. The van der Waals surface area contributed by atoms with E-state index in [2.05, 4.69) is 45.0 Å². The van der Waals surface area contributed by atoms with Crippen LogP contribution in [0.4, 0.5) is 0 Å². The summed E-state index contributed by atoms with van der Waals surface area (Å²) in [6.07, 6.45) is 1.82. The van der Waals surface area contributed by atoms with Crippen LogP contribution in [0.15, 0.2) is 0 Å². The van der Waals surface area contributed by atoms with Gasteiger partial charge in [-0.2, -0.15) is 0 Å². The molecule has 1 fully saturated rings. The third-order valence-electron chi connectivity index (χ3n) is 2.92. The van der Waals surface area contributed by atoms with Gasteiger partial charge in [-0.1, -0.05) is 13.8 Å². The first kappa shape index (κ1) is 10.0. The molecule has 1 rings (SSSR count). The van der Waals surface area contributed by atoms with Crippen LogP contribution >= 0.6 is 0 Å². The second-order valence-corrected chi connectivity index (χ2v) is 4.51. The van der Waals surface area contributed by atoms with E-state index in [9.17, 15) is 0 Å². The van der Waals surface area contributed by atoms with Gasteiger partial charge in [-0.15, -0.1) is 0 Å². The smallest absolute Gasteiger partial charge is 0.0622 e. The summed E-state index contributed by atoms with van der Waals surface area (Å²) in [4.78, 5) is 2.45. The van der Waals surface area contributed by atoms with Crippen molar-refractivity contribution in [1.82, 2.24) is 10.2 Å². The Balaban J connectivity index is 2.60. The molecule has 3 unspecified atom stereocenters. The van der Waals surface area contributed by atoms with Crippen LogP contribution in [-0.2, 0) is 0 Å². The molecule has 1 aliphatic heterocycles. The first-order valence-electron chi connectivity index (χ1n) is 5.00. The number of nitrogens with zero attached hydrogens (tertiary/aromatic N) is 1. The second kappa shape index (κ2) is 3.75. The molecule has 1 N–H and O–H groups in total. The predicted molar refractivity (Wildman–Crippen MR) is 53.1 cm³/mol. The zero-order valence-corrected chi connectivity index (χ0v) is 8.96. The molecule has 0 amide bonds. The predicted octanol–water partition coefficient (Wildman–Crippen LogP) is 1.67. The summed E-state index contributed by atoms with van der Waals surface area (Å²) in [5.41, 5.74) is 0. The topological polar surface area (TPSA) is 15.3 Å². The van der Waals surface area contributed by atoms with Gasteiger partial charge >= 0.3 is 0 Å². The first-order valence-corrected chi connectivity index (χ1v) is 5.00. The van der Waals surface area contributed by atoms with E-state index in [1.807, 2.05) is 0 Å². The maximum Gasteiger partial charge on any atom is 0.0622 e. The van der Waals surface area contributed by atoms with Gasteiger partial charge in [-0.05, 0) is 33.2 Å². The van der Waals surface area contributed by atoms with Crippen molar-refractivity contribution in [2.24, 2.45) is 5.92 Å². The Labute approximate surface area is 76.3 Å². The molecule has 1 saturated heterocycles. The standard InChI is InChI=1S/C10H22N2/c1-7(2)10-11-8(3)6-9(4)12(10)5/h7-11H,6H2,1-5H3. The van der Waals surface area contributed by atoms with E-state index < -0.39 is 0 Å². The highest BCUT2D eigenvalue weighted by atomic mass is 15.3. The molecule has 1 heterocycles. The number of hydrogen-bond donors (Lipinski definition) is 1. The summed E-state index contributed by atoms with van der Waals surface area (Å²) in [6.45, 7) is 9.14. The maximum absolute atomic E-state index is 3.62. The van der Waals surface area contributed by atoms with Gasteiger partial charge in [-0.25, -0.2) is 0 Å². The van der Waals surface area contributed by atoms with Crippen molar-refractivity contribution in [2.75, 3.05) is 7.05 Å². The van der Waals surface area contributed by atoms with E-state index in [1.165, 1.54) is 6.42 Å². The molecule has 2 nitrogen and oxygen atoms in total. The molecule has 12 heavy (non-hydrogen) atoms. The normalized spacial score (nSPS) is 39.0. The molecule has 0 bridgehead atoms. The van der Waals surface area contributed by atoms with Crippen molar-refractivity contribution in [3.8, 4) is 0 Å². The van der Waals surface area contributed by atoms with E-state index in [0.717, 1.165) is 0 Å². The summed E-state index contributed by atoms with van der Waals surface area (Å²) in [5.74, 6) is 0.695. The second-order valence-electron chi connectivity index (χ2n) is 4.51. The highest BCUT2D eigenvalue weighted by Gasteiger charge is 2.29. The summed E-state index contributed by atoms with van der Waals surface area (Å²) < 4.78 is 0. The number of nitrogens with one attached hydrogen (secondary N) is 1. The van der Waals surface area contributed by atoms with E-state index in [1.54, 1.807) is 0 Å². The quantitative estimate of drug-likeness (QED) is 0.644. The van der Waals surface area contributed by atoms with Gasteiger partial charge < -0.3 is 0 Å². The van der Waals surface area contributed by atoms with Gasteiger partial charge in [0, 0.05) is 12.1 Å². The highest BCUT2D eigenvalue weighted by molar-refractivity contribution is 4.84. The lowest BCUT2D eigenvalue weighted by atomic mass is 9.99. The van der Waals surface area contributed by atoms with Crippen LogP contribution in [0.3, 0.4) is 0 Å². The third-order valence-corrected chi connectivity index (χ3v) is 2.92.